The maximum Gasteiger partial charge on any atom is 0.254 e. The van der Waals surface area contributed by atoms with Gasteiger partial charge in [0, 0.05) is 25.7 Å². The fourth-order valence-electron chi connectivity index (χ4n) is 1.37. The number of carbonyl (C=O) groups is 1. The van der Waals surface area contributed by atoms with Crippen molar-refractivity contribution in [3.8, 4) is 0 Å². The molecule has 0 aliphatic carbocycles. The van der Waals surface area contributed by atoms with Gasteiger partial charge < -0.3 is 5.32 Å². The molecule has 1 heterocycles. The lowest BCUT2D eigenvalue weighted by Crippen LogP contribution is -2.24. The van der Waals surface area contributed by atoms with E-state index in [1.807, 2.05) is 0 Å². The Balaban J connectivity index is 2.21. The van der Waals surface area contributed by atoms with Crippen LogP contribution >= 0.6 is 11.6 Å². The standard InChI is InChI=1S/C11H18ClN3O/c1-9(6-12)4-3-5-13-11(16)10-7-14-15(2)8-10/h7-9H,3-6H2,1-2H3,(H,13,16). The Morgan fingerprint density at radius 1 is 1.69 bits per heavy atom. The third-order valence-electron chi connectivity index (χ3n) is 2.39. The predicted octanol–water partition coefficient (Wildman–Crippen LogP) is 1.80. The molecule has 1 aromatic rings. The summed E-state index contributed by atoms with van der Waals surface area (Å²) in [5, 5.41) is 6.80. The molecule has 1 amide bonds. The van der Waals surface area contributed by atoms with E-state index in [9.17, 15) is 4.79 Å². The normalized spacial score (nSPS) is 12.4. The smallest absolute Gasteiger partial charge is 0.254 e. The van der Waals surface area contributed by atoms with E-state index in [0.29, 0.717) is 23.9 Å². The molecule has 1 unspecified atom stereocenters. The molecule has 1 rings (SSSR count). The van der Waals surface area contributed by atoms with Crippen molar-refractivity contribution < 1.29 is 4.79 Å². The highest BCUT2D eigenvalue weighted by Gasteiger charge is 2.06. The summed E-state index contributed by atoms with van der Waals surface area (Å²) in [6.07, 6.45) is 5.27. The van der Waals surface area contributed by atoms with Crippen LogP contribution in [0.1, 0.15) is 30.1 Å². The Hall–Kier alpha value is -1.03. The molecule has 0 saturated carbocycles. The van der Waals surface area contributed by atoms with Gasteiger partial charge in [-0.3, -0.25) is 9.48 Å². The number of carbonyl (C=O) groups excluding carboxylic acids is 1. The monoisotopic (exact) mass is 243 g/mol. The van der Waals surface area contributed by atoms with E-state index in [0.717, 1.165) is 12.8 Å². The van der Waals surface area contributed by atoms with E-state index in [2.05, 4.69) is 17.3 Å². The molecule has 5 heteroatoms. The van der Waals surface area contributed by atoms with Crippen LogP contribution in [0.2, 0.25) is 0 Å². The molecule has 0 aliphatic rings. The maximum atomic E-state index is 11.6. The van der Waals surface area contributed by atoms with Crippen LogP contribution in [0.25, 0.3) is 0 Å². The Morgan fingerprint density at radius 2 is 2.44 bits per heavy atom. The zero-order valence-corrected chi connectivity index (χ0v) is 10.5. The molecule has 0 fully saturated rings. The zero-order valence-electron chi connectivity index (χ0n) is 9.74. The number of rotatable bonds is 6. The minimum Gasteiger partial charge on any atom is -0.352 e. The summed E-state index contributed by atoms with van der Waals surface area (Å²) in [5.41, 5.74) is 0.605. The van der Waals surface area contributed by atoms with Gasteiger partial charge in [0.25, 0.3) is 5.91 Å². The lowest BCUT2D eigenvalue weighted by atomic mass is 10.1. The van der Waals surface area contributed by atoms with E-state index >= 15 is 0 Å². The van der Waals surface area contributed by atoms with Crippen molar-refractivity contribution in [2.75, 3.05) is 12.4 Å². The van der Waals surface area contributed by atoms with Gasteiger partial charge in [0.1, 0.15) is 0 Å². The first-order valence-electron chi connectivity index (χ1n) is 5.46. The molecular weight excluding hydrogens is 226 g/mol. The van der Waals surface area contributed by atoms with Gasteiger partial charge in [-0.1, -0.05) is 6.92 Å². The maximum absolute atomic E-state index is 11.6. The highest BCUT2D eigenvalue weighted by Crippen LogP contribution is 2.06. The molecule has 16 heavy (non-hydrogen) atoms. The molecule has 90 valence electrons. The Bertz CT molecular complexity index is 338. The van der Waals surface area contributed by atoms with Crippen molar-refractivity contribution in [2.45, 2.75) is 19.8 Å². The van der Waals surface area contributed by atoms with Gasteiger partial charge in [-0.2, -0.15) is 5.10 Å². The number of halogens is 1. The van der Waals surface area contributed by atoms with Crippen LogP contribution in [-0.4, -0.2) is 28.1 Å². The highest BCUT2D eigenvalue weighted by atomic mass is 35.5. The molecular formula is C11H18ClN3O. The van der Waals surface area contributed by atoms with Gasteiger partial charge in [-0.15, -0.1) is 11.6 Å². The SMILES string of the molecule is CC(CCl)CCCNC(=O)c1cnn(C)c1. The first-order valence-corrected chi connectivity index (χ1v) is 5.99. The van der Waals surface area contributed by atoms with Gasteiger partial charge in [0.05, 0.1) is 11.8 Å². The molecule has 0 aromatic carbocycles. The Labute approximate surface area is 101 Å². The fourth-order valence-corrected chi connectivity index (χ4v) is 1.52. The van der Waals surface area contributed by atoms with Gasteiger partial charge >= 0.3 is 0 Å². The summed E-state index contributed by atoms with van der Waals surface area (Å²) >= 11 is 5.69. The van der Waals surface area contributed by atoms with Crippen LogP contribution in [-0.2, 0) is 7.05 Å². The van der Waals surface area contributed by atoms with Crippen molar-refractivity contribution >= 4 is 17.5 Å². The summed E-state index contributed by atoms with van der Waals surface area (Å²) < 4.78 is 1.62. The topological polar surface area (TPSA) is 46.9 Å². The van der Waals surface area contributed by atoms with Crippen molar-refractivity contribution in [3.63, 3.8) is 0 Å². The summed E-state index contributed by atoms with van der Waals surface area (Å²) in [4.78, 5) is 11.6. The summed E-state index contributed by atoms with van der Waals surface area (Å²) in [5.74, 6) is 1.12. The van der Waals surface area contributed by atoms with Crippen LogP contribution in [0.5, 0.6) is 0 Å². The Kier molecular flexibility index (Phi) is 5.32. The molecule has 1 aromatic heterocycles. The number of alkyl halides is 1. The number of aryl methyl sites for hydroxylation is 1. The quantitative estimate of drug-likeness (QED) is 0.612. The first-order chi connectivity index (χ1) is 7.63. The summed E-state index contributed by atoms with van der Waals surface area (Å²) in [7, 11) is 1.79. The van der Waals surface area contributed by atoms with Gasteiger partial charge in [-0.25, -0.2) is 0 Å². The van der Waals surface area contributed by atoms with Crippen LogP contribution < -0.4 is 5.32 Å². The lowest BCUT2D eigenvalue weighted by molar-refractivity contribution is 0.0952. The van der Waals surface area contributed by atoms with Crippen LogP contribution in [0.4, 0.5) is 0 Å². The van der Waals surface area contributed by atoms with E-state index in [1.54, 1.807) is 24.1 Å². The van der Waals surface area contributed by atoms with Crippen molar-refractivity contribution in [3.05, 3.63) is 18.0 Å². The van der Waals surface area contributed by atoms with Gasteiger partial charge in [0.15, 0.2) is 0 Å². The highest BCUT2D eigenvalue weighted by molar-refractivity contribution is 6.18. The number of nitrogens with zero attached hydrogens (tertiary/aromatic N) is 2. The molecule has 1 atom stereocenters. The van der Waals surface area contributed by atoms with E-state index in [1.165, 1.54) is 0 Å². The second-order valence-corrected chi connectivity index (χ2v) is 4.37. The molecule has 0 radical (unpaired) electrons. The second-order valence-electron chi connectivity index (χ2n) is 4.06. The zero-order chi connectivity index (χ0) is 12.0. The fraction of sp³-hybridized carbons (Fsp3) is 0.636. The molecule has 1 N–H and O–H groups in total. The van der Waals surface area contributed by atoms with Crippen LogP contribution in [0, 0.1) is 5.92 Å². The summed E-state index contributed by atoms with van der Waals surface area (Å²) in [6, 6.07) is 0. The third-order valence-corrected chi connectivity index (χ3v) is 2.92. The lowest BCUT2D eigenvalue weighted by Gasteiger charge is -2.07. The van der Waals surface area contributed by atoms with Crippen LogP contribution in [0.15, 0.2) is 12.4 Å². The minimum absolute atomic E-state index is 0.0633. The van der Waals surface area contributed by atoms with E-state index < -0.39 is 0 Å². The van der Waals surface area contributed by atoms with Crippen molar-refractivity contribution in [2.24, 2.45) is 13.0 Å². The van der Waals surface area contributed by atoms with E-state index in [-0.39, 0.29) is 5.91 Å². The average Bonchev–Trinajstić information content (AvgIpc) is 2.70. The number of hydrogen-bond donors (Lipinski definition) is 1. The summed E-state index contributed by atoms with van der Waals surface area (Å²) in [6.45, 7) is 2.80. The third kappa shape index (κ3) is 4.23. The van der Waals surface area contributed by atoms with Gasteiger partial charge in [0.2, 0.25) is 0 Å². The molecule has 0 spiro atoms. The molecule has 4 nitrogen and oxygen atoms in total. The average molecular weight is 244 g/mol. The number of aromatic nitrogens is 2. The molecule has 0 bridgehead atoms. The second kappa shape index (κ2) is 6.53. The minimum atomic E-state index is -0.0633. The molecule has 0 saturated heterocycles. The molecule has 0 aliphatic heterocycles. The van der Waals surface area contributed by atoms with Gasteiger partial charge in [-0.05, 0) is 18.8 Å². The van der Waals surface area contributed by atoms with Crippen molar-refractivity contribution in [1.29, 1.82) is 0 Å². The van der Waals surface area contributed by atoms with Crippen molar-refractivity contribution in [1.82, 2.24) is 15.1 Å². The first kappa shape index (κ1) is 13.0. The Morgan fingerprint density at radius 3 is 3.00 bits per heavy atom. The number of nitrogens with one attached hydrogen (secondary N) is 1. The van der Waals surface area contributed by atoms with E-state index in [4.69, 9.17) is 11.6 Å². The predicted molar refractivity (Wildman–Crippen MR) is 64.7 cm³/mol. The van der Waals surface area contributed by atoms with Crippen LogP contribution in [0.3, 0.4) is 0 Å². The number of hydrogen-bond acceptors (Lipinski definition) is 2. The number of amides is 1. The largest absolute Gasteiger partial charge is 0.352 e.